The third-order valence-electron chi connectivity index (χ3n) is 2.01. The van der Waals surface area contributed by atoms with E-state index in [-0.39, 0.29) is 0 Å². The van der Waals surface area contributed by atoms with Crippen molar-refractivity contribution in [1.82, 2.24) is 0 Å². The van der Waals surface area contributed by atoms with E-state index in [4.69, 9.17) is 0 Å². The predicted octanol–water partition coefficient (Wildman–Crippen LogP) is 5.23. The minimum Gasteiger partial charge on any atom is -0.127 e. The van der Waals surface area contributed by atoms with Gasteiger partial charge in [0, 0.05) is 5.57 Å². The molecule has 0 rings (SSSR count). The Morgan fingerprint density at radius 3 is 1.88 bits per heavy atom. The van der Waals surface area contributed by atoms with Crippen molar-refractivity contribution in [2.45, 2.75) is 59.0 Å². The van der Waals surface area contributed by atoms with Crippen LogP contribution in [-0.4, -0.2) is 16.1 Å². The molecule has 0 aliphatic carbocycles. The van der Waals surface area contributed by atoms with Crippen LogP contribution >= 0.6 is 22.6 Å². The van der Waals surface area contributed by atoms with Gasteiger partial charge in [-0.15, -0.1) is 5.54 Å². The van der Waals surface area contributed by atoms with E-state index >= 15 is 0 Å². The lowest BCUT2D eigenvalue weighted by atomic mass is 10.2. The molecule has 0 aromatic carbocycles. The Morgan fingerprint density at radius 2 is 1.56 bits per heavy atom. The fraction of sp³-hybridized carbons (Fsp3) is 0.692. The molecule has 0 saturated heterocycles. The fourth-order valence-electron chi connectivity index (χ4n) is 1.19. The maximum Gasteiger partial charge on any atom is 0.129 e. The van der Waals surface area contributed by atoms with Gasteiger partial charge in [0.15, 0.2) is 0 Å². The smallest absolute Gasteiger partial charge is 0.127 e. The molecule has 0 aliphatic rings. The number of hydrogen-bond acceptors (Lipinski definition) is 0. The summed E-state index contributed by atoms with van der Waals surface area (Å²) >= 11 is 2.54. The predicted molar refractivity (Wildman–Crippen MR) is 90.4 cm³/mol. The van der Waals surface area contributed by atoms with Gasteiger partial charge in [-0.05, 0) is 9.62 Å². The summed E-state index contributed by atoms with van der Waals surface area (Å²) in [7, 11) is -2.42. The highest BCUT2D eigenvalue weighted by Crippen LogP contribution is 2.27. The van der Waals surface area contributed by atoms with Crippen LogP contribution in [-0.2, 0) is 0 Å². The number of hydrogen-bond donors (Lipinski definition) is 0. The highest BCUT2D eigenvalue weighted by Gasteiger charge is 2.20. The van der Waals surface area contributed by atoms with E-state index in [2.05, 4.69) is 80.3 Å². The van der Waals surface area contributed by atoms with Crippen LogP contribution in [0, 0.1) is 11.5 Å². The molecule has 0 nitrogen and oxygen atoms in total. The Morgan fingerprint density at radius 1 is 1.06 bits per heavy atom. The molecule has 0 bridgehead atoms. The van der Waals surface area contributed by atoms with Crippen molar-refractivity contribution >= 4 is 38.7 Å². The Labute approximate surface area is 117 Å². The van der Waals surface area contributed by atoms with Crippen molar-refractivity contribution in [2.24, 2.45) is 0 Å². The Kier molecular flexibility index (Phi) is 6.60. The minimum atomic E-state index is -1.24. The molecule has 0 saturated carbocycles. The molecule has 0 radical (unpaired) electrons. The standard InChI is InChI=1S/C13H25ISi2/c1-8-9-12(10-11-15(2,3)4)13(14)16(5,6)7/h8-9H2,1-7H3/b13-12-. The second-order valence-corrected chi connectivity index (χ2v) is 18.1. The van der Waals surface area contributed by atoms with Crippen LogP contribution in [0.15, 0.2) is 8.78 Å². The van der Waals surface area contributed by atoms with E-state index < -0.39 is 16.1 Å². The third kappa shape index (κ3) is 6.92. The van der Waals surface area contributed by atoms with Crippen LogP contribution < -0.4 is 0 Å². The molecule has 0 unspecified atom stereocenters. The van der Waals surface area contributed by atoms with Gasteiger partial charge in [0.25, 0.3) is 0 Å². The monoisotopic (exact) mass is 364 g/mol. The van der Waals surface area contributed by atoms with Crippen LogP contribution in [0.4, 0.5) is 0 Å². The Hall–Kier alpha value is 0.464. The van der Waals surface area contributed by atoms with E-state index in [9.17, 15) is 0 Å². The lowest BCUT2D eigenvalue weighted by Gasteiger charge is -2.18. The second kappa shape index (κ2) is 6.41. The summed E-state index contributed by atoms with van der Waals surface area (Å²) in [5.74, 6) is 3.49. The van der Waals surface area contributed by atoms with Gasteiger partial charge in [-0.3, -0.25) is 0 Å². The first-order valence-electron chi connectivity index (χ1n) is 6.00. The number of halogens is 1. The maximum atomic E-state index is 3.51. The van der Waals surface area contributed by atoms with Crippen LogP contribution in [0.1, 0.15) is 19.8 Å². The van der Waals surface area contributed by atoms with E-state index in [1.807, 2.05) is 0 Å². The highest BCUT2D eigenvalue weighted by atomic mass is 127. The first kappa shape index (κ1) is 16.5. The van der Waals surface area contributed by atoms with Crippen molar-refractivity contribution in [3.05, 3.63) is 8.78 Å². The van der Waals surface area contributed by atoms with Crippen molar-refractivity contribution in [1.29, 1.82) is 0 Å². The van der Waals surface area contributed by atoms with E-state index in [1.165, 1.54) is 12.0 Å². The Bertz CT molecular complexity index is 319. The first-order valence-corrected chi connectivity index (χ1v) is 14.1. The van der Waals surface area contributed by atoms with Crippen molar-refractivity contribution in [3.8, 4) is 11.5 Å². The molecule has 0 spiro atoms. The second-order valence-electron chi connectivity index (χ2n) is 6.29. The van der Waals surface area contributed by atoms with E-state index in [1.54, 1.807) is 3.20 Å². The van der Waals surface area contributed by atoms with Crippen LogP contribution in [0.3, 0.4) is 0 Å². The average Bonchev–Trinajstić information content (AvgIpc) is 2.08. The zero-order valence-electron chi connectivity index (χ0n) is 11.8. The summed E-state index contributed by atoms with van der Waals surface area (Å²) in [6, 6.07) is 0. The van der Waals surface area contributed by atoms with Crippen molar-refractivity contribution in [3.63, 3.8) is 0 Å². The van der Waals surface area contributed by atoms with Gasteiger partial charge in [-0.2, -0.15) is 0 Å². The zero-order valence-corrected chi connectivity index (χ0v) is 15.9. The van der Waals surface area contributed by atoms with Crippen molar-refractivity contribution in [2.75, 3.05) is 0 Å². The maximum absolute atomic E-state index is 3.51. The minimum absolute atomic E-state index is 1.15. The molecule has 0 N–H and O–H groups in total. The molecule has 3 heteroatoms. The number of allylic oxidation sites excluding steroid dienone is 1. The van der Waals surface area contributed by atoms with Crippen molar-refractivity contribution < 1.29 is 0 Å². The lowest BCUT2D eigenvalue weighted by molar-refractivity contribution is 0.933. The van der Waals surface area contributed by atoms with Crippen LogP contribution in [0.5, 0.6) is 0 Å². The SMILES string of the molecule is CCC/C(C#C[Si](C)(C)C)=C(\I)[Si](C)(C)C. The summed E-state index contributed by atoms with van der Waals surface area (Å²) in [6.07, 6.45) is 2.35. The largest absolute Gasteiger partial charge is 0.129 e. The highest BCUT2D eigenvalue weighted by molar-refractivity contribution is 14.1. The third-order valence-corrected chi connectivity index (χ3v) is 10.0. The number of rotatable bonds is 3. The quantitative estimate of drug-likeness (QED) is 0.365. The summed E-state index contributed by atoms with van der Waals surface area (Å²) < 4.78 is 1.57. The summed E-state index contributed by atoms with van der Waals surface area (Å²) in [5, 5.41) is 0. The van der Waals surface area contributed by atoms with Crippen LogP contribution in [0.25, 0.3) is 0 Å². The molecule has 0 aromatic rings. The molecule has 0 amide bonds. The summed E-state index contributed by atoms with van der Waals surface area (Å²) in [4.78, 5) is 0. The molecular formula is C13H25ISi2. The first-order chi connectivity index (χ1) is 7.08. The Balaban J connectivity index is 5.23. The molecule has 0 atom stereocenters. The molecule has 0 aliphatic heterocycles. The zero-order chi connectivity index (χ0) is 13.0. The summed E-state index contributed by atoms with van der Waals surface area (Å²) in [5.41, 5.74) is 4.93. The molecule has 0 heterocycles. The van der Waals surface area contributed by atoms with Crippen LogP contribution in [0.2, 0.25) is 39.3 Å². The van der Waals surface area contributed by atoms with Gasteiger partial charge in [-0.1, -0.05) is 81.1 Å². The normalized spacial score (nSPS) is 14.0. The molecule has 0 aromatic heterocycles. The van der Waals surface area contributed by atoms with Gasteiger partial charge >= 0.3 is 0 Å². The molecule has 16 heavy (non-hydrogen) atoms. The summed E-state index contributed by atoms with van der Waals surface area (Å²) in [6.45, 7) is 16.4. The van der Waals surface area contributed by atoms with Gasteiger partial charge < -0.3 is 0 Å². The van der Waals surface area contributed by atoms with Gasteiger partial charge in [0.1, 0.15) is 8.07 Å². The fourth-order valence-corrected chi connectivity index (χ4v) is 3.22. The average molecular weight is 364 g/mol. The van der Waals surface area contributed by atoms with E-state index in [0.29, 0.717) is 0 Å². The molecular weight excluding hydrogens is 339 g/mol. The van der Waals surface area contributed by atoms with Gasteiger partial charge in [-0.25, -0.2) is 0 Å². The molecule has 0 fully saturated rings. The van der Waals surface area contributed by atoms with E-state index in [0.717, 1.165) is 6.42 Å². The molecule has 92 valence electrons. The topological polar surface area (TPSA) is 0 Å². The van der Waals surface area contributed by atoms with Gasteiger partial charge in [0.2, 0.25) is 0 Å². The van der Waals surface area contributed by atoms with Gasteiger partial charge in [0.05, 0.1) is 8.07 Å². The lowest BCUT2D eigenvalue weighted by Crippen LogP contribution is -2.22.